The quantitative estimate of drug-likeness (QED) is 0.139. The number of aromatic nitrogens is 4. The lowest BCUT2D eigenvalue weighted by atomic mass is 9.89. The van der Waals surface area contributed by atoms with Gasteiger partial charge in [-0.1, -0.05) is 114 Å². The number of hydrogen-bond acceptors (Lipinski definition) is 9. The van der Waals surface area contributed by atoms with Crippen molar-refractivity contribution in [2.24, 2.45) is 23.7 Å². The van der Waals surface area contributed by atoms with Gasteiger partial charge in [0.2, 0.25) is 11.9 Å². The van der Waals surface area contributed by atoms with Gasteiger partial charge in [-0.05, 0) is 77.0 Å². The molecule has 6 rings (SSSR count). The smallest absolute Gasteiger partial charge is 0.313 e. The van der Waals surface area contributed by atoms with Crippen molar-refractivity contribution < 1.29 is 19.4 Å². The summed E-state index contributed by atoms with van der Waals surface area (Å²) in [6.07, 6.45) is 5.43. The van der Waals surface area contributed by atoms with E-state index in [1.54, 1.807) is 0 Å². The van der Waals surface area contributed by atoms with Crippen molar-refractivity contribution >= 4 is 23.8 Å². The molecule has 2 fully saturated rings. The van der Waals surface area contributed by atoms with E-state index in [2.05, 4.69) is 94.7 Å². The van der Waals surface area contributed by atoms with E-state index in [-0.39, 0.29) is 11.9 Å². The number of carbonyl (C=O) groups excluding carboxylic acids is 1. The molecule has 59 heavy (non-hydrogen) atoms. The predicted octanol–water partition coefficient (Wildman–Crippen LogP) is 10.5. The van der Waals surface area contributed by atoms with Crippen LogP contribution >= 0.6 is 0 Å². The van der Waals surface area contributed by atoms with Crippen molar-refractivity contribution in [3.63, 3.8) is 0 Å². The highest BCUT2D eigenvalue weighted by Gasteiger charge is 2.32. The summed E-state index contributed by atoms with van der Waals surface area (Å²) in [4.78, 5) is 49.1. The van der Waals surface area contributed by atoms with Crippen LogP contribution in [0.15, 0.2) is 48.5 Å². The van der Waals surface area contributed by atoms with Crippen molar-refractivity contribution in [3.8, 4) is 22.5 Å². The van der Waals surface area contributed by atoms with E-state index in [1.165, 1.54) is 31.1 Å². The highest BCUT2D eigenvalue weighted by atomic mass is 16.5. The molecule has 10 heteroatoms. The zero-order valence-electron chi connectivity index (χ0n) is 37.5. The number of rotatable bonds is 12. The second-order valence-corrected chi connectivity index (χ2v) is 17.7. The van der Waals surface area contributed by atoms with Gasteiger partial charge in [0.05, 0.1) is 30.3 Å². The Balaban J connectivity index is 0.000000224. The van der Waals surface area contributed by atoms with Gasteiger partial charge in [-0.15, -0.1) is 0 Å². The summed E-state index contributed by atoms with van der Waals surface area (Å²) in [6, 6.07) is 16.5. The first-order valence-electron chi connectivity index (χ1n) is 21.8. The standard InChI is InChI=1S/C25H35N3O2.C24H33N3O2/c1-7-8-21(24(29)30-6)22-19(5)26-25(28-14-17(3)13-18(4)15-28)27-23(22)20-11-9-16(2)10-12-20;1-6-7-20(23(28)29)21-18(5)25-24(27-13-16(3)12-17(4)14-27)26-22(21)19-10-8-15(2)9-11-19/h9-12,17-18,21H,7-8,13-15H2,1-6H3;8-11,16-17,20H,6-7,12-14H2,1-5H3,(H,28,29). The molecule has 0 aliphatic carbocycles. The number of carboxylic acids is 1. The molecule has 0 radical (unpaired) electrons. The van der Waals surface area contributed by atoms with Crippen molar-refractivity contribution in [3.05, 3.63) is 82.2 Å². The summed E-state index contributed by atoms with van der Waals surface area (Å²) >= 11 is 0. The highest BCUT2D eigenvalue weighted by Crippen LogP contribution is 2.37. The maximum absolute atomic E-state index is 12.7. The van der Waals surface area contributed by atoms with Gasteiger partial charge >= 0.3 is 11.9 Å². The van der Waals surface area contributed by atoms with Gasteiger partial charge < -0.3 is 19.6 Å². The first kappa shape index (κ1) is 45.2. The summed E-state index contributed by atoms with van der Waals surface area (Å²) in [5.74, 6) is 1.94. The second-order valence-electron chi connectivity index (χ2n) is 17.7. The Hall–Kier alpha value is -4.86. The van der Waals surface area contributed by atoms with E-state index in [1.807, 2.05) is 32.9 Å². The molecule has 6 unspecified atom stereocenters. The van der Waals surface area contributed by atoms with Gasteiger partial charge in [0.1, 0.15) is 0 Å². The number of aryl methyl sites for hydroxylation is 4. The number of carbonyl (C=O) groups is 2. The number of carboxylic acid groups (broad SMARTS) is 1. The minimum Gasteiger partial charge on any atom is -0.481 e. The molecule has 4 heterocycles. The molecule has 2 aromatic carbocycles. The molecule has 2 saturated heterocycles. The first-order valence-corrected chi connectivity index (χ1v) is 21.8. The Bertz CT molecular complexity index is 2010. The number of ether oxygens (including phenoxy) is 1. The van der Waals surface area contributed by atoms with Crippen molar-refractivity contribution in [2.75, 3.05) is 43.1 Å². The number of methoxy groups -OCH3 is 1. The Morgan fingerprint density at radius 1 is 0.627 bits per heavy atom. The molecule has 0 amide bonds. The molecule has 2 aliphatic heterocycles. The summed E-state index contributed by atoms with van der Waals surface area (Å²) in [5.41, 5.74) is 9.25. The average molecular weight is 805 g/mol. The predicted molar refractivity (Wildman–Crippen MR) is 239 cm³/mol. The molecule has 10 nitrogen and oxygen atoms in total. The van der Waals surface area contributed by atoms with Crippen LogP contribution in [-0.4, -0.2) is 70.3 Å². The number of aliphatic carboxylic acids is 1. The van der Waals surface area contributed by atoms with Crippen LogP contribution < -0.4 is 9.80 Å². The van der Waals surface area contributed by atoms with E-state index in [0.717, 1.165) is 95.9 Å². The second kappa shape index (κ2) is 20.4. The van der Waals surface area contributed by atoms with E-state index < -0.39 is 11.9 Å². The van der Waals surface area contributed by atoms with Crippen LogP contribution in [-0.2, 0) is 14.3 Å². The van der Waals surface area contributed by atoms with E-state index in [9.17, 15) is 14.7 Å². The third kappa shape index (κ3) is 11.3. The Kier molecular flexibility index (Phi) is 15.6. The maximum Gasteiger partial charge on any atom is 0.313 e. The maximum atomic E-state index is 12.7. The molecule has 2 aliphatic rings. The van der Waals surface area contributed by atoms with Crippen LogP contribution in [0.5, 0.6) is 0 Å². The molecule has 4 aromatic rings. The molecule has 6 atom stereocenters. The lowest BCUT2D eigenvalue weighted by Gasteiger charge is -2.35. The largest absolute Gasteiger partial charge is 0.481 e. The van der Waals surface area contributed by atoms with Crippen LogP contribution in [0.25, 0.3) is 22.5 Å². The third-order valence-corrected chi connectivity index (χ3v) is 11.8. The fourth-order valence-corrected chi connectivity index (χ4v) is 9.26. The molecule has 0 bridgehead atoms. The van der Waals surface area contributed by atoms with Crippen LogP contribution in [0, 0.1) is 51.4 Å². The van der Waals surface area contributed by atoms with Crippen LogP contribution in [0.3, 0.4) is 0 Å². The lowest BCUT2D eigenvalue weighted by Crippen LogP contribution is -2.40. The van der Waals surface area contributed by atoms with Crippen LogP contribution in [0.4, 0.5) is 11.9 Å². The Morgan fingerprint density at radius 2 is 0.983 bits per heavy atom. The van der Waals surface area contributed by atoms with Crippen molar-refractivity contribution in [2.45, 2.75) is 120 Å². The van der Waals surface area contributed by atoms with E-state index in [0.29, 0.717) is 36.5 Å². The number of anilines is 2. The summed E-state index contributed by atoms with van der Waals surface area (Å²) < 4.78 is 5.15. The fourth-order valence-electron chi connectivity index (χ4n) is 9.26. The molecule has 1 N–H and O–H groups in total. The van der Waals surface area contributed by atoms with Gasteiger partial charge in [-0.25, -0.2) is 19.9 Å². The minimum atomic E-state index is -0.806. The zero-order valence-corrected chi connectivity index (χ0v) is 37.5. The molecular weight excluding hydrogens is 737 g/mol. The van der Waals surface area contributed by atoms with E-state index >= 15 is 0 Å². The van der Waals surface area contributed by atoms with Gasteiger partial charge in [0, 0.05) is 59.8 Å². The Morgan fingerprint density at radius 3 is 1.32 bits per heavy atom. The lowest BCUT2D eigenvalue weighted by molar-refractivity contribution is -0.142. The Labute approximate surface area is 353 Å². The summed E-state index contributed by atoms with van der Waals surface area (Å²) in [5, 5.41) is 9.92. The topological polar surface area (TPSA) is 122 Å². The zero-order chi connectivity index (χ0) is 43.0. The molecule has 318 valence electrons. The SMILES string of the molecule is CCCC(C(=O)O)c1c(C)nc(N2CC(C)CC(C)C2)nc1-c1ccc(C)cc1.CCCC(C(=O)OC)c1c(C)nc(N2CC(C)CC(C)C2)nc1-c1ccc(C)cc1. The van der Waals surface area contributed by atoms with Gasteiger partial charge in [0.25, 0.3) is 0 Å². The fraction of sp³-hybridized carbons (Fsp3) is 0.551. The number of piperidine rings is 2. The minimum absolute atomic E-state index is 0.218. The normalized spacial score (nSPS) is 20.3. The van der Waals surface area contributed by atoms with Gasteiger partial charge in [0.15, 0.2) is 0 Å². The van der Waals surface area contributed by atoms with Crippen molar-refractivity contribution in [1.29, 1.82) is 0 Å². The van der Waals surface area contributed by atoms with Crippen LogP contribution in [0.1, 0.15) is 126 Å². The summed E-state index contributed by atoms with van der Waals surface area (Å²) in [7, 11) is 1.46. The van der Waals surface area contributed by atoms with Crippen LogP contribution in [0.2, 0.25) is 0 Å². The highest BCUT2D eigenvalue weighted by molar-refractivity contribution is 5.83. The first-order chi connectivity index (χ1) is 28.1. The van der Waals surface area contributed by atoms with Gasteiger partial charge in [-0.2, -0.15) is 0 Å². The number of esters is 1. The molecular formula is C49H68N6O4. The molecule has 0 saturated carbocycles. The number of hydrogen-bond donors (Lipinski definition) is 1. The number of nitrogens with zero attached hydrogens (tertiary/aromatic N) is 6. The third-order valence-electron chi connectivity index (χ3n) is 11.8. The van der Waals surface area contributed by atoms with E-state index in [4.69, 9.17) is 24.7 Å². The summed E-state index contributed by atoms with van der Waals surface area (Å²) in [6.45, 7) is 25.1. The molecule has 0 spiro atoms. The average Bonchev–Trinajstić information content (AvgIpc) is 3.18. The van der Waals surface area contributed by atoms with Crippen molar-refractivity contribution in [1.82, 2.24) is 19.9 Å². The number of benzene rings is 2. The van der Waals surface area contributed by atoms with Gasteiger partial charge in [-0.3, -0.25) is 9.59 Å². The monoisotopic (exact) mass is 805 g/mol. The molecule has 2 aromatic heterocycles.